The zero-order valence-electron chi connectivity index (χ0n) is 12.2. The van der Waals surface area contributed by atoms with Gasteiger partial charge in [0, 0.05) is 0 Å². The summed E-state index contributed by atoms with van der Waals surface area (Å²) < 4.78 is 18.2. The predicted molar refractivity (Wildman–Crippen MR) is 83.8 cm³/mol. The fourth-order valence-corrected chi connectivity index (χ4v) is 2.02. The van der Waals surface area contributed by atoms with Gasteiger partial charge in [0.2, 0.25) is 0 Å². The Labute approximate surface area is 132 Å². The molecule has 3 rings (SSSR count). The van der Waals surface area contributed by atoms with E-state index in [9.17, 15) is 9.18 Å². The SMILES string of the molecule is O=C(NCCOc1ccc(F)cc1)c1cnc2ccccc2n1. The topological polar surface area (TPSA) is 64.1 Å². The zero-order valence-corrected chi connectivity index (χ0v) is 12.2. The van der Waals surface area contributed by atoms with E-state index in [0.29, 0.717) is 17.8 Å². The number of nitrogens with zero attached hydrogens (tertiary/aromatic N) is 2. The lowest BCUT2D eigenvalue weighted by atomic mass is 10.3. The summed E-state index contributed by atoms with van der Waals surface area (Å²) in [4.78, 5) is 20.5. The maximum atomic E-state index is 12.8. The Morgan fingerprint density at radius 3 is 2.61 bits per heavy atom. The standard InChI is InChI=1S/C17H14FN3O2/c18-12-5-7-13(8-6-12)23-10-9-19-17(22)16-11-20-14-3-1-2-4-15(14)21-16/h1-8,11H,9-10H2,(H,19,22). The Morgan fingerprint density at radius 2 is 1.83 bits per heavy atom. The van der Waals surface area contributed by atoms with Crippen molar-refractivity contribution in [1.82, 2.24) is 15.3 Å². The molecular formula is C17H14FN3O2. The maximum absolute atomic E-state index is 12.8. The quantitative estimate of drug-likeness (QED) is 0.736. The van der Waals surface area contributed by atoms with Crippen LogP contribution in [0.4, 0.5) is 4.39 Å². The molecule has 3 aromatic rings. The number of nitrogens with one attached hydrogen (secondary N) is 1. The van der Waals surface area contributed by atoms with E-state index >= 15 is 0 Å². The lowest BCUT2D eigenvalue weighted by Crippen LogP contribution is -2.28. The van der Waals surface area contributed by atoms with Crippen molar-refractivity contribution in [3.8, 4) is 5.75 Å². The summed E-state index contributed by atoms with van der Waals surface area (Å²) in [5.41, 5.74) is 1.66. The summed E-state index contributed by atoms with van der Waals surface area (Å²) in [5, 5.41) is 2.70. The smallest absolute Gasteiger partial charge is 0.271 e. The molecule has 0 fully saturated rings. The van der Waals surface area contributed by atoms with E-state index in [4.69, 9.17) is 4.74 Å². The van der Waals surface area contributed by atoms with Crippen LogP contribution in [0.3, 0.4) is 0 Å². The molecule has 116 valence electrons. The fraction of sp³-hybridized carbons (Fsp3) is 0.118. The average molecular weight is 311 g/mol. The number of hydrogen-bond acceptors (Lipinski definition) is 4. The Balaban J connectivity index is 1.53. The first kappa shape index (κ1) is 14.9. The molecule has 0 aliphatic heterocycles. The molecule has 0 saturated carbocycles. The predicted octanol–water partition coefficient (Wildman–Crippen LogP) is 2.58. The number of benzene rings is 2. The third-order valence-electron chi connectivity index (χ3n) is 3.15. The molecule has 5 nitrogen and oxygen atoms in total. The third kappa shape index (κ3) is 3.79. The summed E-state index contributed by atoms with van der Waals surface area (Å²) >= 11 is 0. The lowest BCUT2D eigenvalue weighted by Gasteiger charge is -2.07. The van der Waals surface area contributed by atoms with E-state index in [-0.39, 0.29) is 24.0 Å². The molecule has 1 amide bonds. The second kappa shape index (κ2) is 6.83. The van der Waals surface area contributed by atoms with E-state index < -0.39 is 0 Å². The number of halogens is 1. The van der Waals surface area contributed by atoms with Crippen LogP contribution in [-0.2, 0) is 0 Å². The van der Waals surface area contributed by atoms with Gasteiger partial charge in [-0.05, 0) is 36.4 Å². The van der Waals surface area contributed by atoms with Gasteiger partial charge in [-0.15, -0.1) is 0 Å². The lowest BCUT2D eigenvalue weighted by molar-refractivity contribution is 0.0942. The van der Waals surface area contributed by atoms with E-state index in [1.165, 1.54) is 30.5 Å². The number of fused-ring (bicyclic) bond motifs is 1. The number of carbonyl (C=O) groups excluding carboxylic acids is 1. The second-order valence-electron chi connectivity index (χ2n) is 4.80. The number of carbonyl (C=O) groups is 1. The van der Waals surface area contributed by atoms with Gasteiger partial charge in [-0.2, -0.15) is 0 Å². The van der Waals surface area contributed by atoms with Crippen molar-refractivity contribution in [2.24, 2.45) is 0 Å². The Hall–Kier alpha value is -3.02. The van der Waals surface area contributed by atoms with Gasteiger partial charge in [-0.25, -0.2) is 9.37 Å². The molecule has 23 heavy (non-hydrogen) atoms. The highest BCUT2D eigenvalue weighted by Gasteiger charge is 2.08. The highest BCUT2D eigenvalue weighted by atomic mass is 19.1. The van der Waals surface area contributed by atoms with Gasteiger partial charge < -0.3 is 10.1 Å². The molecule has 2 aromatic carbocycles. The van der Waals surface area contributed by atoms with Crippen LogP contribution in [-0.4, -0.2) is 29.0 Å². The van der Waals surface area contributed by atoms with Crippen molar-refractivity contribution in [2.45, 2.75) is 0 Å². The van der Waals surface area contributed by atoms with Crippen molar-refractivity contribution in [3.63, 3.8) is 0 Å². The van der Waals surface area contributed by atoms with Crippen LogP contribution in [0.25, 0.3) is 11.0 Å². The summed E-state index contributed by atoms with van der Waals surface area (Å²) in [6.45, 7) is 0.586. The minimum absolute atomic E-state index is 0.255. The van der Waals surface area contributed by atoms with E-state index in [0.717, 1.165) is 5.52 Å². The van der Waals surface area contributed by atoms with Gasteiger partial charge >= 0.3 is 0 Å². The van der Waals surface area contributed by atoms with Crippen LogP contribution in [0.1, 0.15) is 10.5 Å². The summed E-state index contributed by atoms with van der Waals surface area (Å²) in [6, 6.07) is 13.0. The van der Waals surface area contributed by atoms with Crippen LogP contribution in [0.15, 0.2) is 54.7 Å². The second-order valence-corrected chi connectivity index (χ2v) is 4.80. The molecular weight excluding hydrogens is 297 g/mol. The molecule has 0 radical (unpaired) electrons. The fourth-order valence-electron chi connectivity index (χ4n) is 2.02. The molecule has 0 saturated heterocycles. The zero-order chi connectivity index (χ0) is 16.1. The average Bonchev–Trinajstić information content (AvgIpc) is 2.59. The first-order valence-corrected chi connectivity index (χ1v) is 7.11. The Morgan fingerprint density at radius 1 is 1.09 bits per heavy atom. The minimum Gasteiger partial charge on any atom is -0.492 e. The minimum atomic E-state index is -0.319. The highest BCUT2D eigenvalue weighted by molar-refractivity contribution is 5.93. The summed E-state index contributed by atoms with van der Waals surface area (Å²) in [6.07, 6.45) is 1.44. The van der Waals surface area contributed by atoms with Gasteiger partial charge in [0.1, 0.15) is 23.9 Å². The number of para-hydroxylation sites is 2. The van der Waals surface area contributed by atoms with Gasteiger partial charge in [-0.1, -0.05) is 12.1 Å². The molecule has 0 aliphatic rings. The summed E-state index contributed by atoms with van der Waals surface area (Å²) in [5.74, 6) is -0.0855. The molecule has 1 N–H and O–H groups in total. The van der Waals surface area contributed by atoms with Crippen molar-refractivity contribution >= 4 is 16.9 Å². The molecule has 1 aromatic heterocycles. The van der Waals surface area contributed by atoms with Gasteiger partial charge in [0.15, 0.2) is 0 Å². The van der Waals surface area contributed by atoms with Crippen LogP contribution in [0, 0.1) is 5.82 Å². The molecule has 0 bridgehead atoms. The number of amides is 1. The van der Waals surface area contributed by atoms with E-state index in [2.05, 4.69) is 15.3 Å². The number of aromatic nitrogens is 2. The Bertz CT molecular complexity index is 821. The van der Waals surface area contributed by atoms with Gasteiger partial charge in [0.05, 0.1) is 23.8 Å². The van der Waals surface area contributed by atoms with Crippen molar-refractivity contribution in [2.75, 3.05) is 13.2 Å². The molecule has 0 aliphatic carbocycles. The van der Waals surface area contributed by atoms with Crippen molar-refractivity contribution < 1.29 is 13.9 Å². The van der Waals surface area contributed by atoms with E-state index in [1.54, 1.807) is 6.07 Å². The largest absolute Gasteiger partial charge is 0.492 e. The molecule has 0 spiro atoms. The van der Waals surface area contributed by atoms with Gasteiger partial charge in [-0.3, -0.25) is 9.78 Å². The van der Waals surface area contributed by atoms with Crippen molar-refractivity contribution in [1.29, 1.82) is 0 Å². The molecule has 0 atom stereocenters. The van der Waals surface area contributed by atoms with Crippen LogP contribution in [0.5, 0.6) is 5.75 Å². The highest BCUT2D eigenvalue weighted by Crippen LogP contribution is 2.10. The van der Waals surface area contributed by atoms with E-state index in [1.807, 2.05) is 18.2 Å². The number of rotatable bonds is 5. The van der Waals surface area contributed by atoms with Gasteiger partial charge in [0.25, 0.3) is 5.91 Å². The first-order valence-electron chi connectivity index (χ1n) is 7.11. The Kier molecular flexibility index (Phi) is 4.42. The van der Waals surface area contributed by atoms with Crippen LogP contribution < -0.4 is 10.1 Å². The monoisotopic (exact) mass is 311 g/mol. The van der Waals surface area contributed by atoms with Crippen LogP contribution in [0.2, 0.25) is 0 Å². The third-order valence-corrected chi connectivity index (χ3v) is 3.15. The summed E-state index contributed by atoms with van der Waals surface area (Å²) in [7, 11) is 0. The molecule has 1 heterocycles. The number of hydrogen-bond donors (Lipinski definition) is 1. The molecule has 6 heteroatoms. The number of ether oxygens (including phenoxy) is 1. The van der Waals surface area contributed by atoms with Crippen LogP contribution >= 0.6 is 0 Å². The normalized spacial score (nSPS) is 10.5. The first-order chi connectivity index (χ1) is 11.2. The maximum Gasteiger partial charge on any atom is 0.271 e. The van der Waals surface area contributed by atoms with Crippen molar-refractivity contribution in [3.05, 3.63) is 66.2 Å². The molecule has 0 unspecified atom stereocenters.